The number of nitrogens with two attached hydrogens (primary N) is 1. The average Bonchev–Trinajstić information content (AvgIpc) is 2.62. The fraction of sp³-hybridized carbons (Fsp3) is 0.158. The molecule has 0 heterocycles. The van der Waals surface area contributed by atoms with Crippen molar-refractivity contribution in [2.75, 3.05) is 13.6 Å². The molecule has 4 nitrogen and oxygen atoms in total. The molecule has 4 N–H and O–H groups in total. The van der Waals surface area contributed by atoms with Gasteiger partial charge in [0.1, 0.15) is 11.5 Å². The monoisotopic (exact) mass is 325 g/mol. The Morgan fingerprint density at radius 1 is 1.21 bits per heavy atom. The summed E-state index contributed by atoms with van der Waals surface area (Å²) < 4.78 is 13.1. The third-order valence-electron chi connectivity index (χ3n) is 3.71. The second-order valence-electron chi connectivity index (χ2n) is 5.29. The van der Waals surface area contributed by atoms with E-state index in [1.165, 1.54) is 24.3 Å². The normalized spacial score (nSPS) is 12.5. The van der Waals surface area contributed by atoms with Crippen molar-refractivity contribution in [3.05, 3.63) is 77.7 Å². The van der Waals surface area contributed by atoms with E-state index in [4.69, 9.17) is 11.1 Å². The molecule has 0 saturated carbocycles. The van der Waals surface area contributed by atoms with Crippen LogP contribution in [0, 0.1) is 11.2 Å². The molecule has 0 amide bonds. The zero-order chi connectivity index (χ0) is 17.5. The molecule has 0 bridgehead atoms. The Morgan fingerprint density at radius 2 is 1.83 bits per heavy atom. The fourth-order valence-electron chi connectivity index (χ4n) is 2.46. The average molecular weight is 325 g/mol. The van der Waals surface area contributed by atoms with Crippen molar-refractivity contribution in [1.82, 2.24) is 5.32 Å². The Morgan fingerprint density at radius 3 is 2.38 bits per heavy atom. The lowest BCUT2D eigenvalue weighted by Gasteiger charge is -2.16. The molecule has 5 heteroatoms. The van der Waals surface area contributed by atoms with Gasteiger partial charge in [0, 0.05) is 25.4 Å². The van der Waals surface area contributed by atoms with Crippen molar-refractivity contribution >= 4 is 17.1 Å². The van der Waals surface area contributed by atoms with Crippen LogP contribution >= 0.6 is 0 Å². The van der Waals surface area contributed by atoms with Crippen molar-refractivity contribution < 1.29 is 9.18 Å². The largest absolute Gasteiger partial charge is 0.393 e. The van der Waals surface area contributed by atoms with Crippen LogP contribution in [0.1, 0.15) is 17.0 Å². The van der Waals surface area contributed by atoms with Crippen LogP contribution in [0.25, 0.3) is 5.57 Å². The van der Waals surface area contributed by atoms with Crippen molar-refractivity contribution in [1.29, 1.82) is 5.41 Å². The molecule has 0 saturated heterocycles. The Labute approximate surface area is 140 Å². The number of benzene rings is 2. The zero-order valence-corrected chi connectivity index (χ0v) is 13.4. The summed E-state index contributed by atoms with van der Waals surface area (Å²) in [4.78, 5) is 12.8. The summed E-state index contributed by atoms with van der Waals surface area (Å²) in [5.41, 5.74) is 7.47. The molecule has 0 aliphatic heterocycles. The van der Waals surface area contributed by atoms with Crippen LogP contribution in [0.15, 0.2) is 60.8 Å². The third-order valence-corrected chi connectivity index (χ3v) is 3.71. The van der Waals surface area contributed by atoms with Crippen LogP contribution in [0.2, 0.25) is 0 Å². The maximum absolute atomic E-state index is 13.1. The summed E-state index contributed by atoms with van der Waals surface area (Å²) in [7, 11) is 1.71. The number of carbonyl (C=O) groups excluding carboxylic acids is 1. The molecular weight excluding hydrogens is 305 g/mol. The van der Waals surface area contributed by atoms with Gasteiger partial charge < -0.3 is 11.1 Å². The first-order valence-corrected chi connectivity index (χ1v) is 7.60. The number of allylic oxidation sites excluding steroid dienone is 1. The van der Waals surface area contributed by atoms with Gasteiger partial charge >= 0.3 is 0 Å². The molecule has 1 unspecified atom stereocenters. The first-order valence-electron chi connectivity index (χ1n) is 7.60. The molecule has 2 rings (SSSR count). The summed E-state index contributed by atoms with van der Waals surface area (Å²) in [6.07, 6.45) is 1.62. The highest BCUT2D eigenvalue weighted by molar-refractivity contribution is 6.56. The molecule has 2 aromatic carbocycles. The van der Waals surface area contributed by atoms with E-state index in [2.05, 4.69) is 5.32 Å². The minimum absolute atomic E-state index is 0.0501. The van der Waals surface area contributed by atoms with Gasteiger partial charge in [-0.25, -0.2) is 4.39 Å². The smallest absolute Gasteiger partial charge is 0.189 e. The van der Waals surface area contributed by atoms with E-state index >= 15 is 0 Å². The highest BCUT2D eigenvalue weighted by atomic mass is 19.1. The SMILES string of the molecule is CN/C=C(\C(=N)C(=O)C(CN)c1ccc(F)cc1)c1ccccc1. The Bertz CT molecular complexity index is 739. The predicted octanol–water partition coefficient (Wildman–Crippen LogP) is 2.72. The highest BCUT2D eigenvalue weighted by Gasteiger charge is 2.25. The molecule has 0 radical (unpaired) electrons. The van der Waals surface area contributed by atoms with E-state index in [9.17, 15) is 9.18 Å². The molecule has 2 aromatic rings. The molecule has 0 spiro atoms. The van der Waals surface area contributed by atoms with E-state index in [0.29, 0.717) is 11.1 Å². The van der Waals surface area contributed by atoms with Crippen LogP contribution < -0.4 is 11.1 Å². The van der Waals surface area contributed by atoms with Crippen LogP contribution in [0.5, 0.6) is 0 Å². The molecule has 124 valence electrons. The van der Waals surface area contributed by atoms with Crippen molar-refractivity contribution in [3.63, 3.8) is 0 Å². The van der Waals surface area contributed by atoms with Gasteiger partial charge in [-0.2, -0.15) is 0 Å². The number of hydrogen-bond donors (Lipinski definition) is 3. The lowest BCUT2D eigenvalue weighted by atomic mass is 9.88. The molecule has 24 heavy (non-hydrogen) atoms. The van der Waals surface area contributed by atoms with Gasteiger partial charge in [0.05, 0.1) is 5.92 Å². The lowest BCUT2D eigenvalue weighted by molar-refractivity contribution is -0.114. The molecule has 0 aliphatic carbocycles. The van der Waals surface area contributed by atoms with E-state index in [-0.39, 0.29) is 18.1 Å². The highest BCUT2D eigenvalue weighted by Crippen LogP contribution is 2.22. The first-order chi connectivity index (χ1) is 11.6. The summed E-state index contributed by atoms with van der Waals surface area (Å²) in [6.45, 7) is 0.0501. The molecular formula is C19H20FN3O. The topological polar surface area (TPSA) is 79.0 Å². The van der Waals surface area contributed by atoms with E-state index < -0.39 is 11.7 Å². The van der Waals surface area contributed by atoms with Gasteiger partial charge in [-0.3, -0.25) is 10.2 Å². The molecule has 0 fully saturated rings. The van der Waals surface area contributed by atoms with E-state index in [1.807, 2.05) is 30.3 Å². The number of halogens is 1. The number of hydrogen-bond acceptors (Lipinski definition) is 4. The quantitative estimate of drug-likeness (QED) is 0.685. The molecule has 0 aliphatic rings. The molecule has 1 atom stereocenters. The van der Waals surface area contributed by atoms with Gasteiger partial charge in [-0.15, -0.1) is 0 Å². The second kappa shape index (κ2) is 8.17. The van der Waals surface area contributed by atoms with Crippen LogP contribution in [0.3, 0.4) is 0 Å². The maximum Gasteiger partial charge on any atom is 0.189 e. The summed E-state index contributed by atoms with van der Waals surface area (Å²) in [6, 6.07) is 14.9. The maximum atomic E-state index is 13.1. The van der Waals surface area contributed by atoms with Gasteiger partial charge in [0.15, 0.2) is 5.78 Å². The Balaban J connectivity index is 2.33. The standard InChI is InChI=1S/C19H20FN3O/c1-23-12-17(13-5-3-2-4-6-13)18(22)19(24)16(11-21)14-7-9-15(20)10-8-14/h2-10,12,16,22-23H,11,21H2,1H3/b17-12-,22-18?. The number of rotatable bonds is 7. The van der Waals surface area contributed by atoms with Crippen LogP contribution in [-0.4, -0.2) is 25.1 Å². The van der Waals surface area contributed by atoms with Gasteiger partial charge in [-0.05, 0) is 23.3 Å². The predicted molar refractivity (Wildman–Crippen MR) is 94.4 cm³/mol. The third kappa shape index (κ3) is 3.94. The van der Waals surface area contributed by atoms with Crippen LogP contribution in [0.4, 0.5) is 4.39 Å². The van der Waals surface area contributed by atoms with Gasteiger partial charge in [0.2, 0.25) is 0 Å². The van der Waals surface area contributed by atoms with E-state index in [0.717, 1.165) is 5.56 Å². The minimum Gasteiger partial charge on any atom is -0.393 e. The van der Waals surface area contributed by atoms with Gasteiger partial charge in [-0.1, -0.05) is 42.5 Å². The number of carbonyl (C=O) groups is 1. The second-order valence-corrected chi connectivity index (χ2v) is 5.29. The molecule has 0 aromatic heterocycles. The Kier molecular flexibility index (Phi) is 5.98. The number of nitrogens with one attached hydrogen (secondary N) is 2. The lowest BCUT2D eigenvalue weighted by Crippen LogP contribution is -2.28. The van der Waals surface area contributed by atoms with Crippen molar-refractivity contribution in [2.45, 2.75) is 5.92 Å². The van der Waals surface area contributed by atoms with Crippen LogP contribution in [-0.2, 0) is 4.79 Å². The van der Waals surface area contributed by atoms with Gasteiger partial charge in [0.25, 0.3) is 0 Å². The summed E-state index contributed by atoms with van der Waals surface area (Å²) in [5.74, 6) is -1.45. The number of ketones is 1. The fourth-order valence-corrected chi connectivity index (χ4v) is 2.46. The number of Topliss-reactive ketones (excluding diaryl/α,β-unsaturated/α-hetero) is 1. The first kappa shape index (κ1) is 17.6. The minimum atomic E-state index is -0.679. The van der Waals surface area contributed by atoms with E-state index in [1.54, 1.807) is 13.2 Å². The zero-order valence-electron chi connectivity index (χ0n) is 13.4. The Hall–Kier alpha value is -2.79. The van der Waals surface area contributed by atoms with Crippen molar-refractivity contribution in [2.24, 2.45) is 5.73 Å². The summed E-state index contributed by atoms with van der Waals surface area (Å²) in [5, 5.41) is 11.2. The summed E-state index contributed by atoms with van der Waals surface area (Å²) >= 11 is 0. The van der Waals surface area contributed by atoms with Crippen molar-refractivity contribution in [3.8, 4) is 0 Å².